The molecule has 1 aliphatic rings. The summed E-state index contributed by atoms with van der Waals surface area (Å²) in [6, 6.07) is 8.38. The van der Waals surface area contributed by atoms with E-state index in [4.69, 9.17) is 4.98 Å². The van der Waals surface area contributed by atoms with Crippen LogP contribution in [0.2, 0.25) is 0 Å². The summed E-state index contributed by atoms with van der Waals surface area (Å²) in [7, 11) is 2.15. The molecule has 2 aromatic heterocycles. The highest BCUT2D eigenvalue weighted by Gasteiger charge is 2.16. The molecule has 2 heterocycles. The maximum absolute atomic E-state index is 12.4. The fourth-order valence-corrected chi connectivity index (χ4v) is 4.53. The molecule has 4 rings (SSSR count). The zero-order chi connectivity index (χ0) is 19.5. The molecule has 0 saturated carbocycles. The molecule has 0 atom stereocenters. The molecule has 0 fully saturated rings. The second-order valence-corrected chi connectivity index (χ2v) is 8.53. The molecule has 1 aromatic carbocycles. The van der Waals surface area contributed by atoms with Gasteiger partial charge in [0.05, 0.1) is 16.9 Å². The molecule has 146 valence electrons. The summed E-state index contributed by atoms with van der Waals surface area (Å²) < 4.78 is 0. The third kappa shape index (κ3) is 4.23. The van der Waals surface area contributed by atoms with Crippen LogP contribution in [0.3, 0.4) is 0 Å². The third-order valence-corrected chi connectivity index (χ3v) is 6.43. The van der Waals surface area contributed by atoms with E-state index >= 15 is 0 Å². The zero-order valence-corrected chi connectivity index (χ0v) is 17.3. The lowest BCUT2D eigenvalue weighted by molar-refractivity contribution is 0.332. The first-order valence-corrected chi connectivity index (χ1v) is 10.8. The third-order valence-electron chi connectivity index (χ3n) is 5.44. The molecule has 1 N–H and O–H groups in total. The van der Waals surface area contributed by atoms with Crippen molar-refractivity contribution in [2.75, 3.05) is 13.6 Å². The second kappa shape index (κ2) is 8.37. The minimum Gasteiger partial charge on any atom is -0.306 e. The molecule has 0 saturated heterocycles. The highest BCUT2D eigenvalue weighted by Crippen LogP contribution is 2.21. The molecular formula is C22H26N4OS. The summed E-state index contributed by atoms with van der Waals surface area (Å²) in [6.45, 7) is 3.97. The molecule has 0 bridgehead atoms. The second-order valence-electron chi connectivity index (χ2n) is 7.59. The number of fused-ring (bicyclic) bond motifs is 1. The summed E-state index contributed by atoms with van der Waals surface area (Å²) in [4.78, 5) is 28.1. The van der Waals surface area contributed by atoms with Gasteiger partial charge in [-0.15, -0.1) is 11.3 Å². The number of aryl methyl sites for hydroxylation is 2. The maximum atomic E-state index is 12.4. The highest BCUT2D eigenvalue weighted by atomic mass is 32.1. The van der Waals surface area contributed by atoms with Gasteiger partial charge in [-0.05, 0) is 51.6 Å². The number of benzene rings is 1. The Labute approximate surface area is 169 Å². The van der Waals surface area contributed by atoms with Gasteiger partial charge in [0, 0.05) is 29.1 Å². The number of rotatable bonds is 6. The molecule has 0 amide bonds. The molecular weight excluding hydrogens is 368 g/mol. The smallest absolute Gasteiger partial charge is 0.254 e. The van der Waals surface area contributed by atoms with E-state index in [1.54, 1.807) is 11.3 Å². The molecule has 6 heteroatoms. The number of aromatic amines is 1. The fraction of sp³-hybridized carbons (Fsp3) is 0.409. The van der Waals surface area contributed by atoms with Gasteiger partial charge in [0.1, 0.15) is 5.82 Å². The lowest BCUT2D eigenvalue weighted by Gasteiger charge is -2.17. The Morgan fingerprint density at radius 1 is 1.18 bits per heavy atom. The number of thiazole rings is 1. The number of hydrogen-bond donors (Lipinski definition) is 1. The molecule has 0 unspecified atom stereocenters. The van der Waals surface area contributed by atoms with E-state index in [9.17, 15) is 4.79 Å². The molecule has 0 spiro atoms. The maximum Gasteiger partial charge on any atom is 0.254 e. The van der Waals surface area contributed by atoms with Crippen LogP contribution in [0.5, 0.6) is 0 Å². The summed E-state index contributed by atoms with van der Waals surface area (Å²) in [5.41, 5.74) is 7.18. The number of nitrogens with zero attached hydrogens (tertiary/aromatic N) is 3. The van der Waals surface area contributed by atoms with Gasteiger partial charge in [0.15, 0.2) is 0 Å². The molecule has 3 aromatic rings. The molecule has 5 nitrogen and oxygen atoms in total. The van der Waals surface area contributed by atoms with Crippen LogP contribution < -0.4 is 5.56 Å². The SMILES string of the molecule is Cc1ncsc1CCN(C)Cc1ccc(-c2nc3c(c(=O)[nH]2)CCCC3)cc1. The Hall–Kier alpha value is -2.31. The van der Waals surface area contributed by atoms with Gasteiger partial charge in [-0.3, -0.25) is 4.79 Å². The van der Waals surface area contributed by atoms with Crippen LogP contribution in [-0.4, -0.2) is 33.4 Å². The molecule has 0 aliphatic heterocycles. The van der Waals surface area contributed by atoms with Gasteiger partial charge < -0.3 is 9.88 Å². The Balaban J connectivity index is 1.42. The van der Waals surface area contributed by atoms with Crippen molar-refractivity contribution in [2.45, 2.75) is 45.6 Å². The largest absolute Gasteiger partial charge is 0.306 e. The summed E-state index contributed by atoms with van der Waals surface area (Å²) in [5, 5.41) is 0. The van der Waals surface area contributed by atoms with Crippen LogP contribution in [-0.2, 0) is 25.8 Å². The normalized spacial score (nSPS) is 13.7. The summed E-state index contributed by atoms with van der Waals surface area (Å²) in [5.74, 6) is 0.686. The lowest BCUT2D eigenvalue weighted by Crippen LogP contribution is -2.21. The van der Waals surface area contributed by atoms with Gasteiger partial charge in [0.2, 0.25) is 0 Å². The van der Waals surface area contributed by atoms with Crippen LogP contribution in [0.1, 0.15) is 40.2 Å². The van der Waals surface area contributed by atoms with Crippen molar-refractivity contribution < 1.29 is 0 Å². The zero-order valence-electron chi connectivity index (χ0n) is 16.5. The van der Waals surface area contributed by atoms with Crippen LogP contribution in [0.4, 0.5) is 0 Å². The van der Waals surface area contributed by atoms with Gasteiger partial charge >= 0.3 is 0 Å². The van der Waals surface area contributed by atoms with Crippen molar-refractivity contribution in [3.05, 3.63) is 67.5 Å². The van der Waals surface area contributed by atoms with Crippen molar-refractivity contribution in [2.24, 2.45) is 0 Å². The minimum absolute atomic E-state index is 0.0295. The van der Waals surface area contributed by atoms with E-state index in [1.807, 2.05) is 5.51 Å². The van der Waals surface area contributed by atoms with Crippen molar-refractivity contribution >= 4 is 11.3 Å². The van der Waals surface area contributed by atoms with Crippen molar-refractivity contribution in [3.8, 4) is 11.4 Å². The van der Waals surface area contributed by atoms with Crippen LogP contribution >= 0.6 is 11.3 Å². The van der Waals surface area contributed by atoms with E-state index < -0.39 is 0 Å². The average molecular weight is 395 g/mol. The Kier molecular flexibility index (Phi) is 5.69. The minimum atomic E-state index is 0.0295. The Bertz CT molecular complexity index is 1010. The first-order chi connectivity index (χ1) is 13.6. The van der Waals surface area contributed by atoms with Crippen LogP contribution in [0.15, 0.2) is 34.6 Å². The van der Waals surface area contributed by atoms with Crippen LogP contribution in [0, 0.1) is 6.92 Å². The van der Waals surface area contributed by atoms with Crippen molar-refractivity contribution in [3.63, 3.8) is 0 Å². The van der Waals surface area contributed by atoms with Crippen LogP contribution in [0.25, 0.3) is 11.4 Å². The molecule has 28 heavy (non-hydrogen) atoms. The predicted octanol–water partition coefficient (Wildman–Crippen LogP) is 3.76. The number of likely N-dealkylation sites (N-methyl/N-ethyl adjacent to an activating group) is 1. The van der Waals surface area contributed by atoms with E-state index in [-0.39, 0.29) is 5.56 Å². The topological polar surface area (TPSA) is 61.9 Å². The first-order valence-electron chi connectivity index (χ1n) is 9.89. The molecule has 1 aliphatic carbocycles. The number of nitrogens with one attached hydrogen (secondary N) is 1. The van der Waals surface area contributed by atoms with Gasteiger partial charge in [-0.25, -0.2) is 9.97 Å². The fourth-order valence-electron chi connectivity index (χ4n) is 3.76. The van der Waals surface area contributed by atoms with Gasteiger partial charge in [0.25, 0.3) is 5.56 Å². The van der Waals surface area contributed by atoms with E-state index in [0.717, 1.165) is 67.7 Å². The Morgan fingerprint density at radius 3 is 2.71 bits per heavy atom. The van der Waals surface area contributed by atoms with Crippen molar-refractivity contribution in [1.29, 1.82) is 0 Å². The molecule has 0 radical (unpaired) electrons. The number of hydrogen-bond acceptors (Lipinski definition) is 5. The highest BCUT2D eigenvalue weighted by molar-refractivity contribution is 7.09. The van der Waals surface area contributed by atoms with Crippen molar-refractivity contribution in [1.82, 2.24) is 19.9 Å². The monoisotopic (exact) mass is 394 g/mol. The van der Waals surface area contributed by atoms with Gasteiger partial charge in [-0.2, -0.15) is 0 Å². The Morgan fingerprint density at radius 2 is 1.96 bits per heavy atom. The number of aromatic nitrogens is 3. The van der Waals surface area contributed by atoms with E-state index in [1.165, 1.54) is 10.4 Å². The van der Waals surface area contributed by atoms with Gasteiger partial charge in [-0.1, -0.05) is 24.3 Å². The lowest BCUT2D eigenvalue weighted by atomic mass is 9.97. The van der Waals surface area contributed by atoms with E-state index in [2.05, 4.69) is 53.1 Å². The van der Waals surface area contributed by atoms with E-state index in [0.29, 0.717) is 5.82 Å². The quantitative estimate of drug-likeness (QED) is 0.692. The first kappa shape index (κ1) is 19.0. The summed E-state index contributed by atoms with van der Waals surface area (Å²) in [6.07, 6.45) is 5.00. The average Bonchev–Trinajstić information content (AvgIpc) is 3.12. The summed E-state index contributed by atoms with van der Waals surface area (Å²) >= 11 is 1.73. The number of H-pyrrole nitrogens is 1. The predicted molar refractivity (Wildman–Crippen MR) is 114 cm³/mol. The standard InChI is InChI=1S/C22H26N4OS/c1-15-20(28-14-23-15)11-12-26(2)13-16-7-9-17(10-8-16)21-24-19-6-4-3-5-18(19)22(27)25-21/h7-10,14H,3-6,11-13H2,1-2H3,(H,24,25,27).